The molecule has 0 heterocycles. The largest absolute Gasteiger partial charge is 0.380 e. The molecular weight excluding hydrogens is 246 g/mol. The first kappa shape index (κ1) is 11.2. The summed E-state index contributed by atoms with van der Waals surface area (Å²) in [6.45, 7) is 1.95. The van der Waals surface area contributed by atoms with Crippen LogP contribution in [0.1, 0.15) is 12.5 Å². The highest BCUT2D eigenvalue weighted by atomic mass is 79.9. The highest BCUT2D eigenvalue weighted by Crippen LogP contribution is 2.25. The number of nitrogens with one attached hydrogen (secondary N) is 1. The van der Waals surface area contributed by atoms with Gasteiger partial charge in [-0.25, -0.2) is 0 Å². The highest BCUT2D eigenvalue weighted by Gasteiger charge is 2.06. The van der Waals surface area contributed by atoms with Crippen LogP contribution < -0.4 is 5.32 Å². The number of methoxy groups -OCH3 is 1. The second-order valence-electron chi connectivity index (χ2n) is 2.88. The Labute approximate surface area is 91.6 Å². The van der Waals surface area contributed by atoms with Gasteiger partial charge in [-0.15, -0.1) is 0 Å². The fourth-order valence-electron chi connectivity index (χ4n) is 1.16. The van der Waals surface area contributed by atoms with Crippen LogP contribution in [0, 0.1) is 0 Å². The fraction of sp³-hybridized carbons (Fsp3) is 0.300. The standard InChI is InChI=1S/C10H12BrNO2/c1-7(13)12-10-5-3-4-9(11)8(10)6-14-2/h3-5H,6H2,1-2H3,(H,12,13). The van der Waals surface area contributed by atoms with Crippen molar-refractivity contribution in [3.05, 3.63) is 28.2 Å². The van der Waals surface area contributed by atoms with Crippen LogP contribution in [0.15, 0.2) is 22.7 Å². The van der Waals surface area contributed by atoms with Gasteiger partial charge in [0.1, 0.15) is 0 Å². The minimum atomic E-state index is -0.0829. The molecule has 0 aliphatic rings. The second-order valence-corrected chi connectivity index (χ2v) is 3.73. The lowest BCUT2D eigenvalue weighted by Crippen LogP contribution is -2.08. The minimum Gasteiger partial charge on any atom is -0.380 e. The van der Waals surface area contributed by atoms with E-state index in [1.165, 1.54) is 6.92 Å². The first-order valence-electron chi connectivity index (χ1n) is 4.19. The molecule has 1 N–H and O–H groups in total. The summed E-state index contributed by atoms with van der Waals surface area (Å²) in [6.07, 6.45) is 0. The van der Waals surface area contributed by atoms with Gasteiger partial charge in [-0.1, -0.05) is 22.0 Å². The number of rotatable bonds is 3. The molecule has 0 fully saturated rings. The van der Waals surface area contributed by atoms with E-state index in [2.05, 4.69) is 21.2 Å². The van der Waals surface area contributed by atoms with E-state index in [0.29, 0.717) is 6.61 Å². The van der Waals surface area contributed by atoms with E-state index in [0.717, 1.165) is 15.7 Å². The maximum absolute atomic E-state index is 10.9. The van der Waals surface area contributed by atoms with E-state index in [4.69, 9.17) is 4.74 Å². The lowest BCUT2D eigenvalue weighted by Gasteiger charge is -2.10. The summed E-state index contributed by atoms with van der Waals surface area (Å²) < 4.78 is 5.99. The number of carbonyl (C=O) groups excluding carboxylic acids is 1. The third kappa shape index (κ3) is 2.82. The highest BCUT2D eigenvalue weighted by molar-refractivity contribution is 9.10. The quantitative estimate of drug-likeness (QED) is 0.904. The first-order chi connectivity index (χ1) is 6.65. The van der Waals surface area contributed by atoms with Crippen molar-refractivity contribution in [2.45, 2.75) is 13.5 Å². The average Bonchev–Trinajstić information content (AvgIpc) is 2.10. The van der Waals surface area contributed by atoms with Crippen molar-refractivity contribution in [3.8, 4) is 0 Å². The number of benzene rings is 1. The van der Waals surface area contributed by atoms with Crippen molar-refractivity contribution in [1.29, 1.82) is 0 Å². The Bertz CT molecular complexity index is 339. The maximum atomic E-state index is 10.9. The van der Waals surface area contributed by atoms with Crippen molar-refractivity contribution in [1.82, 2.24) is 0 Å². The van der Waals surface area contributed by atoms with E-state index < -0.39 is 0 Å². The van der Waals surface area contributed by atoms with Gasteiger partial charge in [0, 0.05) is 29.8 Å². The van der Waals surface area contributed by atoms with E-state index in [1.54, 1.807) is 7.11 Å². The molecule has 0 unspecified atom stereocenters. The van der Waals surface area contributed by atoms with Gasteiger partial charge in [0.05, 0.1) is 6.61 Å². The molecule has 0 saturated heterocycles. The molecular formula is C10H12BrNO2. The van der Waals surface area contributed by atoms with Crippen LogP contribution in [-0.2, 0) is 16.1 Å². The molecule has 1 aromatic carbocycles. The maximum Gasteiger partial charge on any atom is 0.221 e. The summed E-state index contributed by atoms with van der Waals surface area (Å²) in [4.78, 5) is 10.9. The Hall–Kier alpha value is -0.870. The van der Waals surface area contributed by atoms with Crippen LogP contribution in [0.2, 0.25) is 0 Å². The third-order valence-corrected chi connectivity index (χ3v) is 2.46. The molecule has 0 aliphatic carbocycles. The average molecular weight is 258 g/mol. The predicted molar refractivity (Wildman–Crippen MR) is 59.2 cm³/mol. The van der Waals surface area contributed by atoms with Crippen molar-refractivity contribution in [2.24, 2.45) is 0 Å². The Balaban J connectivity index is 3.01. The van der Waals surface area contributed by atoms with Gasteiger partial charge >= 0.3 is 0 Å². The third-order valence-electron chi connectivity index (χ3n) is 1.72. The Kier molecular flexibility index (Phi) is 4.10. The fourth-order valence-corrected chi connectivity index (χ4v) is 1.64. The van der Waals surface area contributed by atoms with Crippen LogP contribution >= 0.6 is 15.9 Å². The second kappa shape index (κ2) is 5.12. The number of carbonyl (C=O) groups is 1. The topological polar surface area (TPSA) is 38.3 Å². The van der Waals surface area contributed by atoms with Gasteiger partial charge < -0.3 is 10.1 Å². The number of anilines is 1. The molecule has 0 saturated carbocycles. The zero-order valence-electron chi connectivity index (χ0n) is 8.13. The number of amides is 1. The van der Waals surface area contributed by atoms with Crippen LogP contribution in [0.25, 0.3) is 0 Å². The molecule has 0 radical (unpaired) electrons. The molecule has 1 amide bonds. The van der Waals surface area contributed by atoms with Crippen molar-refractivity contribution in [3.63, 3.8) is 0 Å². The molecule has 4 heteroatoms. The van der Waals surface area contributed by atoms with Crippen LogP contribution in [0.5, 0.6) is 0 Å². The zero-order chi connectivity index (χ0) is 10.6. The molecule has 0 aromatic heterocycles. The molecule has 76 valence electrons. The lowest BCUT2D eigenvalue weighted by molar-refractivity contribution is -0.114. The zero-order valence-corrected chi connectivity index (χ0v) is 9.72. The predicted octanol–water partition coefficient (Wildman–Crippen LogP) is 2.55. The number of hydrogen-bond donors (Lipinski definition) is 1. The van der Waals surface area contributed by atoms with Gasteiger partial charge in [0.25, 0.3) is 0 Å². The minimum absolute atomic E-state index is 0.0829. The van der Waals surface area contributed by atoms with Gasteiger partial charge in [0.2, 0.25) is 5.91 Å². The van der Waals surface area contributed by atoms with E-state index in [9.17, 15) is 4.79 Å². The smallest absolute Gasteiger partial charge is 0.221 e. The molecule has 1 rings (SSSR count). The molecule has 0 spiro atoms. The van der Waals surface area contributed by atoms with Crippen molar-refractivity contribution in [2.75, 3.05) is 12.4 Å². The SMILES string of the molecule is COCc1c(Br)cccc1NC(C)=O. The molecule has 0 aliphatic heterocycles. The van der Waals surface area contributed by atoms with Crippen molar-refractivity contribution < 1.29 is 9.53 Å². The first-order valence-corrected chi connectivity index (χ1v) is 4.98. The summed E-state index contributed by atoms with van der Waals surface area (Å²) in [6, 6.07) is 5.63. The Morgan fingerprint density at radius 2 is 2.29 bits per heavy atom. The normalized spacial score (nSPS) is 9.93. The summed E-state index contributed by atoms with van der Waals surface area (Å²) in [7, 11) is 1.62. The van der Waals surface area contributed by atoms with Gasteiger partial charge in [-0.2, -0.15) is 0 Å². The Morgan fingerprint density at radius 3 is 2.86 bits per heavy atom. The van der Waals surface area contributed by atoms with Crippen LogP contribution in [0.4, 0.5) is 5.69 Å². The molecule has 14 heavy (non-hydrogen) atoms. The molecule has 1 aromatic rings. The molecule has 3 nitrogen and oxygen atoms in total. The summed E-state index contributed by atoms with van der Waals surface area (Å²) in [5.41, 5.74) is 1.74. The Morgan fingerprint density at radius 1 is 1.57 bits per heavy atom. The lowest BCUT2D eigenvalue weighted by atomic mass is 10.2. The number of hydrogen-bond acceptors (Lipinski definition) is 2. The van der Waals surface area contributed by atoms with Crippen LogP contribution in [-0.4, -0.2) is 13.0 Å². The molecule has 0 bridgehead atoms. The van der Waals surface area contributed by atoms with E-state index in [-0.39, 0.29) is 5.91 Å². The number of halogens is 1. The van der Waals surface area contributed by atoms with Gasteiger partial charge in [-0.3, -0.25) is 4.79 Å². The van der Waals surface area contributed by atoms with Gasteiger partial charge in [-0.05, 0) is 12.1 Å². The summed E-state index contributed by atoms with van der Waals surface area (Å²) in [5.74, 6) is -0.0829. The monoisotopic (exact) mass is 257 g/mol. The van der Waals surface area contributed by atoms with E-state index >= 15 is 0 Å². The van der Waals surface area contributed by atoms with E-state index in [1.807, 2.05) is 18.2 Å². The van der Waals surface area contributed by atoms with Crippen LogP contribution in [0.3, 0.4) is 0 Å². The van der Waals surface area contributed by atoms with Gasteiger partial charge in [0.15, 0.2) is 0 Å². The number of ether oxygens (including phenoxy) is 1. The molecule has 0 atom stereocenters. The van der Waals surface area contributed by atoms with Crippen molar-refractivity contribution >= 4 is 27.5 Å². The summed E-state index contributed by atoms with van der Waals surface area (Å²) >= 11 is 3.41. The summed E-state index contributed by atoms with van der Waals surface area (Å²) in [5, 5.41) is 2.75.